The lowest BCUT2D eigenvalue weighted by Crippen LogP contribution is -2.50. The predicted octanol–water partition coefficient (Wildman–Crippen LogP) is 1.41. The highest BCUT2D eigenvalue weighted by molar-refractivity contribution is 5.14. The van der Waals surface area contributed by atoms with Crippen molar-refractivity contribution in [3.8, 4) is 0 Å². The maximum absolute atomic E-state index is 9.99. The van der Waals surface area contributed by atoms with E-state index in [2.05, 4.69) is 6.92 Å². The van der Waals surface area contributed by atoms with Crippen LogP contribution in [-0.4, -0.2) is 10.7 Å². The molecule has 56 valence electrons. The molecule has 0 amide bonds. The molecule has 0 aromatic carbocycles. The van der Waals surface area contributed by atoms with Crippen molar-refractivity contribution in [2.24, 2.45) is 23.7 Å². The maximum atomic E-state index is 9.99. The minimum Gasteiger partial charge on any atom is -0.390 e. The first-order chi connectivity index (χ1) is 4.69. The summed E-state index contributed by atoms with van der Waals surface area (Å²) in [5.41, 5.74) is -0.264. The first-order valence-electron chi connectivity index (χ1n) is 4.42. The molecule has 0 unspecified atom stereocenters. The van der Waals surface area contributed by atoms with Crippen LogP contribution in [0.3, 0.4) is 0 Å². The van der Waals surface area contributed by atoms with E-state index >= 15 is 0 Å². The van der Waals surface area contributed by atoms with Gasteiger partial charge in [-0.1, -0.05) is 0 Å². The molecule has 0 heterocycles. The van der Waals surface area contributed by atoms with Crippen molar-refractivity contribution in [1.29, 1.82) is 0 Å². The number of aliphatic hydroxyl groups is 1. The Morgan fingerprint density at radius 2 is 2.10 bits per heavy atom. The topological polar surface area (TPSA) is 20.2 Å². The highest BCUT2D eigenvalue weighted by Crippen LogP contribution is 2.67. The summed E-state index contributed by atoms with van der Waals surface area (Å²) in [5, 5.41) is 9.99. The van der Waals surface area contributed by atoms with Crippen molar-refractivity contribution in [2.45, 2.75) is 31.8 Å². The van der Waals surface area contributed by atoms with Crippen LogP contribution in [0.4, 0.5) is 0 Å². The SMILES string of the molecule is C[C@]1(O)[C@H]2C[C@@H]3C[C@@H]1[C@H]3C2. The zero-order valence-electron chi connectivity index (χ0n) is 6.38. The molecule has 0 spiro atoms. The molecule has 3 saturated carbocycles. The molecule has 5 atom stereocenters. The highest BCUT2D eigenvalue weighted by Gasteiger charge is 2.64. The van der Waals surface area contributed by atoms with Crippen molar-refractivity contribution in [3.05, 3.63) is 0 Å². The van der Waals surface area contributed by atoms with Gasteiger partial charge in [-0.15, -0.1) is 0 Å². The third-order valence-electron chi connectivity index (χ3n) is 4.40. The lowest BCUT2D eigenvalue weighted by molar-refractivity contribution is -0.115. The molecular formula is C9H14O. The average molecular weight is 138 g/mol. The van der Waals surface area contributed by atoms with Gasteiger partial charge in [0.1, 0.15) is 0 Å². The van der Waals surface area contributed by atoms with Gasteiger partial charge in [0.2, 0.25) is 0 Å². The van der Waals surface area contributed by atoms with E-state index in [0.717, 1.165) is 11.8 Å². The van der Waals surface area contributed by atoms with Crippen LogP contribution >= 0.6 is 0 Å². The molecule has 3 rings (SSSR count). The number of hydrogen-bond acceptors (Lipinski definition) is 1. The minimum absolute atomic E-state index is 0.264. The van der Waals surface area contributed by atoms with E-state index in [4.69, 9.17) is 0 Å². The van der Waals surface area contributed by atoms with E-state index in [9.17, 15) is 5.11 Å². The molecule has 2 bridgehead atoms. The molecule has 0 radical (unpaired) electrons. The Hall–Kier alpha value is -0.0400. The molecule has 3 aliphatic rings. The second-order valence-corrected chi connectivity index (χ2v) is 4.66. The van der Waals surface area contributed by atoms with Gasteiger partial charge >= 0.3 is 0 Å². The van der Waals surface area contributed by atoms with Gasteiger partial charge in [-0.05, 0) is 49.9 Å². The summed E-state index contributed by atoms with van der Waals surface area (Å²) in [6.45, 7) is 2.05. The van der Waals surface area contributed by atoms with Gasteiger partial charge in [-0.25, -0.2) is 0 Å². The molecule has 3 fully saturated rings. The van der Waals surface area contributed by atoms with Crippen molar-refractivity contribution in [2.75, 3.05) is 0 Å². The molecule has 0 aromatic heterocycles. The van der Waals surface area contributed by atoms with Crippen LogP contribution in [0.25, 0.3) is 0 Å². The molecule has 1 heteroatoms. The molecule has 0 saturated heterocycles. The third kappa shape index (κ3) is 0.378. The summed E-state index contributed by atoms with van der Waals surface area (Å²) >= 11 is 0. The van der Waals surface area contributed by atoms with Crippen molar-refractivity contribution >= 4 is 0 Å². The van der Waals surface area contributed by atoms with Crippen LogP contribution in [0.1, 0.15) is 26.2 Å². The lowest BCUT2D eigenvalue weighted by Gasteiger charge is -2.50. The first-order valence-corrected chi connectivity index (χ1v) is 4.42. The van der Waals surface area contributed by atoms with E-state index in [0.29, 0.717) is 11.8 Å². The van der Waals surface area contributed by atoms with Crippen LogP contribution in [0, 0.1) is 23.7 Å². The van der Waals surface area contributed by atoms with Gasteiger partial charge in [0, 0.05) is 0 Å². The first kappa shape index (κ1) is 5.59. The van der Waals surface area contributed by atoms with Crippen molar-refractivity contribution in [3.63, 3.8) is 0 Å². The van der Waals surface area contributed by atoms with E-state index < -0.39 is 0 Å². The summed E-state index contributed by atoms with van der Waals surface area (Å²) in [6, 6.07) is 0. The predicted molar refractivity (Wildman–Crippen MR) is 38.4 cm³/mol. The van der Waals surface area contributed by atoms with Crippen LogP contribution in [0.15, 0.2) is 0 Å². The maximum Gasteiger partial charge on any atom is 0.0678 e. The minimum atomic E-state index is -0.264. The van der Waals surface area contributed by atoms with Crippen molar-refractivity contribution in [1.82, 2.24) is 0 Å². The average Bonchev–Trinajstić information content (AvgIpc) is 2.16. The third-order valence-corrected chi connectivity index (χ3v) is 4.40. The Labute approximate surface area is 61.4 Å². The molecule has 1 N–H and O–H groups in total. The zero-order chi connectivity index (χ0) is 6.93. The van der Waals surface area contributed by atoms with E-state index in [1.165, 1.54) is 19.3 Å². The Morgan fingerprint density at radius 1 is 1.30 bits per heavy atom. The lowest BCUT2D eigenvalue weighted by atomic mass is 9.58. The molecular weight excluding hydrogens is 124 g/mol. The van der Waals surface area contributed by atoms with E-state index in [1.54, 1.807) is 0 Å². The number of hydrogen-bond donors (Lipinski definition) is 1. The Kier molecular flexibility index (Phi) is 0.722. The molecule has 0 aromatic rings. The fourth-order valence-corrected chi connectivity index (χ4v) is 3.68. The van der Waals surface area contributed by atoms with Crippen LogP contribution < -0.4 is 0 Å². The van der Waals surface area contributed by atoms with Crippen LogP contribution in [0.2, 0.25) is 0 Å². The number of rotatable bonds is 0. The van der Waals surface area contributed by atoms with Gasteiger partial charge in [0.05, 0.1) is 5.60 Å². The van der Waals surface area contributed by atoms with Gasteiger partial charge in [0.15, 0.2) is 0 Å². The molecule has 3 aliphatic carbocycles. The van der Waals surface area contributed by atoms with E-state index in [1.807, 2.05) is 0 Å². The Morgan fingerprint density at radius 3 is 2.40 bits per heavy atom. The fraction of sp³-hybridized carbons (Fsp3) is 1.00. The summed E-state index contributed by atoms with van der Waals surface area (Å²) in [6.07, 6.45) is 3.99. The Bertz CT molecular complexity index is 179. The quantitative estimate of drug-likeness (QED) is 0.536. The van der Waals surface area contributed by atoms with Gasteiger partial charge < -0.3 is 5.11 Å². The largest absolute Gasteiger partial charge is 0.390 e. The smallest absolute Gasteiger partial charge is 0.0678 e. The fourth-order valence-electron chi connectivity index (χ4n) is 3.68. The standard InChI is InChI=1S/C9H14O/c1-9(10)6-2-5-3-8(9)7(5)4-6/h5-8,10H,2-4H2,1H3/t5-,6+,7+,8-,9+/m1/s1. The summed E-state index contributed by atoms with van der Waals surface area (Å²) in [5.74, 6) is 3.31. The normalized spacial score (nSPS) is 70.2. The van der Waals surface area contributed by atoms with Gasteiger partial charge in [-0.2, -0.15) is 0 Å². The second-order valence-electron chi connectivity index (χ2n) is 4.66. The van der Waals surface area contributed by atoms with Crippen molar-refractivity contribution < 1.29 is 5.11 Å². The number of fused-ring (bicyclic) bond motifs is 1. The second kappa shape index (κ2) is 1.29. The molecule has 10 heavy (non-hydrogen) atoms. The van der Waals surface area contributed by atoms with E-state index in [-0.39, 0.29) is 5.60 Å². The zero-order valence-corrected chi connectivity index (χ0v) is 6.38. The van der Waals surface area contributed by atoms with Crippen LogP contribution in [-0.2, 0) is 0 Å². The molecule has 0 aliphatic heterocycles. The monoisotopic (exact) mass is 138 g/mol. The summed E-state index contributed by atoms with van der Waals surface area (Å²) in [7, 11) is 0. The van der Waals surface area contributed by atoms with Gasteiger partial charge in [0.25, 0.3) is 0 Å². The van der Waals surface area contributed by atoms with Gasteiger partial charge in [-0.3, -0.25) is 0 Å². The Balaban J connectivity index is 2.04. The molecule has 1 nitrogen and oxygen atoms in total. The summed E-state index contributed by atoms with van der Waals surface area (Å²) in [4.78, 5) is 0. The van der Waals surface area contributed by atoms with Crippen LogP contribution in [0.5, 0.6) is 0 Å². The highest BCUT2D eigenvalue weighted by atomic mass is 16.3. The summed E-state index contributed by atoms with van der Waals surface area (Å²) < 4.78 is 0.